The van der Waals surface area contributed by atoms with E-state index in [0.29, 0.717) is 13.2 Å². The van der Waals surface area contributed by atoms with Gasteiger partial charge in [-0.05, 0) is 24.5 Å². The molecular weight excluding hydrogens is 202 g/mol. The van der Waals surface area contributed by atoms with E-state index in [0.717, 1.165) is 18.5 Å². The fourth-order valence-electron chi connectivity index (χ4n) is 2.92. The van der Waals surface area contributed by atoms with Gasteiger partial charge in [0.05, 0.1) is 5.41 Å². The highest BCUT2D eigenvalue weighted by Gasteiger charge is 2.49. The highest BCUT2D eigenvalue weighted by molar-refractivity contribution is 6.07. The SMILES string of the molecule is CN1C(=O)C2(CCOCC2)c2ccccc21. The Hall–Kier alpha value is -1.35. The van der Waals surface area contributed by atoms with E-state index in [4.69, 9.17) is 4.74 Å². The van der Waals surface area contributed by atoms with Crippen LogP contribution < -0.4 is 4.90 Å². The molecule has 1 aromatic rings. The molecule has 2 aliphatic rings. The summed E-state index contributed by atoms with van der Waals surface area (Å²) in [5.74, 6) is 0.233. The highest BCUT2D eigenvalue weighted by atomic mass is 16.5. The van der Waals surface area contributed by atoms with Gasteiger partial charge in [0.15, 0.2) is 0 Å². The van der Waals surface area contributed by atoms with Gasteiger partial charge in [-0.15, -0.1) is 0 Å². The van der Waals surface area contributed by atoms with Crippen molar-refractivity contribution in [3.8, 4) is 0 Å². The molecule has 0 saturated carbocycles. The molecule has 0 unspecified atom stereocenters. The summed E-state index contributed by atoms with van der Waals surface area (Å²) in [7, 11) is 1.87. The van der Waals surface area contributed by atoms with Crippen molar-refractivity contribution in [1.29, 1.82) is 0 Å². The van der Waals surface area contributed by atoms with Crippen molar-refractivity contribution in [2.75, 3.05) is 25.2 Å². The fraction of sp³-hybridized carbons (Fsp3) is 0.462. The molecule has 1 fully saturated rings. The average molecular weight is 217 g/mol. The van der Waals surface area contributed by atoms with E-state index in [1.165, 1.54) is 5.56 Å². The van der Waals surface area contributed by atoms with Crippen LogP contribution in [-0.2, 0) is 14.9 Å². The van der Waals surface area contributed by atoms with E-state index in [-0.39, 0.29) is 11.3 Å². The molecular formula is C13H15NO2. The number of anilines is 1. The number of rotatable bonds is 0. The fourth-order valence-corrected chi connectivity index (χ4v) is 2.92. The summed E-state index contributed by atoms with van der Waals surface area (Å²) < 4.78 is 5.38. The molecule has 2 aliphatic heterocycles. The van der Waals surface area contributed by atoms with Gasteiger partial charge in [0.25, 0.3) is 0 Å². The van der Waals surface area contributed by atoms with Crippen molar-refractivity contribution < 1.29 is 9.53 Å². The smallest absolute Gasteiger partial charge is 0.237 e. The van der Waals surface area contributed by atoms with Crippen molar-refractivity contribution in [1.82, 2.24) is 0 Å². The maximum Gasteiger partial charge on any atom is 0.237 e. The Labute approximate surface area is 95.0 Å². The number of carbonyl (C=O) groups excluding carboxylic acids is 1. The van der Waals surface area contributed by atoms with Crippen LogP contribution in [0.25, 0.3) is 0 Å². The minimum absolute atomic E-state index is 0.233. The van der Waals surface area contributed by atoms with Crippen molar-refractivity contribution in [3.63, 3.8) is 0 Å². The van der Waals surface area contributed by atoms with Crippen molar-refractivity contribution in [2.45, 2.75) is 18.3 Å². The number of amides is 1. The van der Waals surface area contributed by atoms with Gasteiger partial charge in [0.1, 0.15) is 0 Å². The second kappa shape index (κ2) is 3.32. The molecule has 84 valence electrons. The van der Waals surface area contributed by atoms with Gasteiger partial charge >= 0.3 is 0 Å². The third-order valence-corrected chi connectivity index (χ3v) is 3.84. The van der Waals surface area contributed by atoms with Crippen LogP contribution in [0, 0.1) is 0 Å². The van der Waals surface area contributed by atoms with E-state index < -0.39 is 0 Å². The minimum Gasteiger partial charge on any atom is -0.381 e. The normalized spacial score (nSPS) is 22.6. The lowest BCUT2D eigenvalue weighted by molar-refractivity contribution is -0.126. The molecule has 2 heterocycles. The Balaban J connectivity index is 2.16. The molecule has 0 N–H and O–H groups in total. The molecule has 16 heavy (non-hydrogen) atoms. The molecule has 0 atom stereocenters. The number of hydrogen-bond donors (Lipinski definition) is 0. The third-order valence-electron chi connectivity index (χ3n) is 3.84. The molecule has 3 nitrogen and oxygen atoms in total. The first-order chi connectivity index (χ1) is 7.76. The standard InChI is InChI=1S/C13H15NO2/c1-14-11-5-3-2-4-10(11)13(12(14)15)6-8-16-9-7-13/h2-5H,6-9H2,1H3. The van der Waals surface area contributed by atoms with E-state index in [9.17, 15) is 4.79 Å². The number of fused-ring (bicyclic) bond motifs is 2. The lowest BCUT2D eigenvalue weighted by Gasteiger charge is -2.32. The molecule has 0 bridgehead atoms. The largest absolute Gasteiger partial charge is 0.381 e. The van der Waals surface area contributed by atoms with Crippen LogP contribution in [0.15, 0.2) is 24.3 Å². The molecule has 1 amide bonds. The molecule has 3 rings (SSSR count). The Morgan fingerprint density at radius 1 is 1.25 bits per heavy atom. The summed E-state index contributed by atoms with van der Waals surface area (Å²) in [6.45, 7) is 1.38. The lowest BCUT2D eigenvalue weighted by atomic mass is 9.75. The van der Waals surface area contributed by atoms with E-state index in [1.807, 2.05) is 25.2 Å². The first-order valence-corrected chi connectivity index (χ1v) is 5.71. The predicted molar refractivity (Wildman–Crippen MR) is 61.6 cm³/mol. The maximum atomic E-state index is 12.4. The number of nitrogens with zero attached hydrogens (tertiary/aromatic N) is 1. The lowest BCUT2D eigenvalue weighted by Crippen LogP contribution is -2.42. The molecule has 0 aromatic heterocycles. The summed E-state index contributed by atoms with van der Waals surface area (Å²) in [5.41, 5.74) is 1.95. The van der Waals surface area contributed by atoms with Crippen LogP contribution in [0.3, 0.4) is 0 Å². The second-order valence-electron chi connectivity index (χ2n) is 4.58. The van der Waals surface area contributed by atoms with E-state index >= 15 is 0 Å². The van der Waals surface area contributed by atoms with Gasteiger partial charge in [0, 0.05) is 25.9 Å². The summed E-state index contributed by atoms with van der Waals surface area (Å²) >= 11 is 0. The average Bonchev–Trinajstić information content (AvgIpc) is 2.55. The first-order valence-electron chi connectivity index (χ1n) is 5.71. The number of hydrogen-bond acceptors (Lipinski definition) is 2. The quantitative estimate of drug-likeness (QED) is 0.662. The zero-order chi connectivity index (χ0) is 11.2. The molecule has 0 radical (unpaired) electrons. The molecule has 1 spiro atoms. The number of ether oxygens (including phenoxy) is 1. The molecule has 1 aromatic carbocycles. The van der Waals surface area contributed by atoms with Gasteiger partial charge in [0.2, 0.25) is 5.91 Å². The van der Waals surface area contributed by atoms with E-state index in [1.54, 1.807) is 4.90 Å². The van der Waals surface area contributed by atoms with Crippen molar-refractivity contribution in [2.24, 2.45) is 0 Å². The van der Waals surface area contributed by atoms with Gasteiger partial charge in [-0.1, -0.05) is 18.2 Å². The zero-order valence-corrected chi connectivity index (χ0v) is 9.40. The Bertz CT molecular complexity index is 435. The summed E-state index contributed by atoms with van der Waals surface area (Å²) in [6.07, 6.45) is 1.63. The number of para-hydroxylation sites is 1. The third kappa shape index (κ3) is 1.09. The predicted octanol–water partition coefficient (Wildman–Crippen LogP) is 1.71. The van der Waals surface area contributed by atoms with Crippen LogP contribution in [0.5, 0.6) is 0 Å². The van der Waals surface area contributed by atoms with Gasteiger partial charge in [-0.3, -0.25) is 4.79 Å². The highest BCUT2D eigenvalue weighted by Crippen LogP contribution is 2.46. The van der Waals surface area contributed by atoms with Crippen LogP contribution in [0.1, 0.15) is 18.4 Å². The minimum atomic E-state index is -0.302. The topological polar surface area (TPSA) is 29.5 Å². The monoisotopic (exact) mass is 217 g/mol. The van der Waals surface area contributed by atoms with Gasteiger partial charge in [-0.25, -0.2) is 0 Å². The number of likely N-dealkylation sites (N-methyl/N-ethyl adjacent to an activating group) is 1. The Morgan fingerprint density at radius 3 is 2.69 bits per heavy atom. The Morgan fingerprint density at radius 2 is 1.94 bits per heavy atom. The van der Waals surface area contributed by atoms with E-state index in [2.05, 4.69) is 6.07 Å². The Kier molecular flexibility index (Phi) is 2.04. The van der Waals surface area contributed by atoms with Crippen LogP contribution >= 0.6 is 0 Å². The maximum absolute atomic E-state index is 12.4. The van der Waals surface area contributed by atoms with Crippen LogP contribution in [0.2, 0.25) is 0 Å². The second-order valence-corrected chi connectivity index (χ2v) is 4.58. The summed E-state index contributed by atoms with van der Waals surface area (Å²) in [4.78, 5) is 14.2. The van der Waals surface area contributed by atoms with Crippen molar-refractivity contribution >= 4 is 11.6 Å². The summed E-state index contributed by atoms with van der Waals surface area (Å²) in [6, 6.07) is 8.11. The van der Waals surface area contributed by atoms with Crippen LogP contribution in [0.4, 0.5) is 5.69 Å². The van der Waals surface area contributed by atoms with Gasteiger partial charge in [-0.2, -0.15) is 0 Å². The molecule has 0 aliphatic carbocycles. The van der Waals surface area contributed by atoms with Crippen molar-refractivity contribution in [3.05, 3.63) is 29.8 Å². The van der Waals surface area contributed by atoms with Gasteiger partial charge < -0.3 is 9.64 Å². The van der Waals surface area contributed by atoms with Crippen LogP contribution in [-0.4, -0.2) is 26.2 Å². The molecule has 3 heteroatoms. The first kappa shape index (κ1) is 9.85. The number of benzene rings is 1. The zero-order valence-electron chi connectivity index (χ0n) is 9.40. The summed E-state index contributed by atoms with van der Waals surface area (Å²) in [5, 5.41) is 0. The molecule has 1 saturated heterocycles. The number of carbonyl (C=O) groups is 1.